The quantitative estimate of drug-likeness (QED) is 0.612. The van der Waals surface area contributed by atoms with Crippen LogP contribution in [0.4, 0.5) is 0 Å². The molecule has 8 nitrogen and oxygen atoms in total. The molecule has 4 fully saturated rings. The molecule has 1 aromatic rings. The van der Waals surface area contributed by atoms with E-state index in [-0.39, 0.29) is 22.2 Å². The molecule has 9 heteroatoms. The lowest BCUT2D eigenvalue weighted by molar-refractivity contribution is -0.130. The molecule has 0 saturated heterocycles. The summed E-state index contributed by atoms with van der Waals surface area (Å²) in [5.41, 5.74) is 4.22. The van der Waals surface area contributed by atoms with Gasteiger partial charge in [-0.15, -0.1) is 0 Å². The fourth-order valence-corrected chi connectivity index (χ4v) is 7.47. The van der Waals surface area contributed by atoms with Crippen LogP contribution in [-0.4, -0.2) is 25.8 Å². The molecule has 0 radical (unpaired) electrons. The molecule has 4 aliphatic rings. The van der Waals surface area contributed by atoms with Crippen LogP contribution in [0.15, 0.2) is 21.6 Å². The summed E-state index contributed by atoms with van der Waals surface area (Å²) in [7, 11) is -3.88. The van der Waals surface area contributed by atoms with Gasteiger partial charge in [0.05, 0.1) is 0 Å². The van der Waals surface area contributed by atoms with Gasteiger partial charge in [0, 0.05) is 12.0 Å². The highest BCUT2D eigenvalue weighted by Crippen LogP contribution is 2.61. The summed E-state index contributed by atoms with van der Waals surface area (Å²) in [4.78, 5) is 24.8. The maximum absolute atomic E-state index is 12.5. The highest BCUT2D eigenvalue weighted by Gasteiger charge is 2.51. The van der Waals surface area contributed by atoms with Crippen LogP contribution in [0.5, 0.6) is 0 Å². The van der Waals surface area contributed by atoms with E-state index in [1.165, 1.54) is 31.4 Å². The van der Waals surface area contributed by atoms with E-state index in [2.05, 4.69) is 15.6 Å². The molecule has 30 heavy (non-hydrogen) atoms. The summed E-state index contributed by atoms with van der Waals surface area (Å²) in [6.45, 7) is 5.13. The Morgan fingerprint density at radius 1 is 1.03 bits per heavy atom. The zero-order chi connectivity index (χ0) is 21.7. The van der Waals surface area contributed by atoms with Crippen LogP contribution < -0.4 is 15.6 Å². The third-order valence-electron chi connectivity index (χ3n) is 6.53. The van der Waals surface area contributed by atoms with Gasteiger partial charge in [-0.2, -0.15) is 0 Å². The van der Waals surface area contributed by atoms with Crippen LogP contribution >= 0.6 is 0 Å². The smallest absolute Gasteiger partial charge is 0.305 e. The van der Waals surface area contributed by atoms with Gasteiger partial charge in [0.25, 0.3) is 10.0 Å². The number of nitrogens with one attached hydrogen (secondary N) is 3. The largest absolute Gasteiger partial charge is 0.438 e. The Bertz CT molecular complexity index is 909. The first-order chi connectivity index (χ1) is 13.9. The Hall–Kier alpha value is -1.87. The molecule has 0 spiro atoms. The van der Waals surface area contributed by atoms with Crippen molar-refractivity contribution in [3.05, 3.63) is 17.9 Å². The molecular formula is C21H31N3O5S. The van der Waals surface area contributed by atoms with Crippen LogP contribution in [0.3, 0.4) is 0 Å². The number of hydrogen-bond donors (Lipinski definition) is 3. The summed E-state index contributed by atoms with van der Waals surface area (Å²) < 4.78 is 32.3. The summed E-state index contributed by atoms with van der Waals surface area (Å²) >= 11 is 0. The van der Waals surface area contributed by atoms with Gasteiger partial charge < -0.3 is 4.42 Å². The van der Waals surface area contributed by atoms with E-state index in [9.17, 15) is 18.0 Å². The standard InChI is InChI=1S/C21H31N3O5S/c1-20(2,3)24-30(27,28)18-5-4-16(29-18)19(26)23-22-17(25)12-21-9-13-6-14(10-21)8-15(7-13)11-21/h4-5,13-15,24H,6-12H2,1-3H3,(H,22,25)(H,23,26). The van der Waals surface area contributed by atoms with Gasteiger partial charge in [-0.25, -0.2) is 13.1 Å². The summed E-state index contributed by atoms with van der Waals surface area (Å²) in [5, 5.41) is -0.345. The fourth-order valence-electron chi connectivity index (χ4n) is 6.12. The molecule has 2 amide bonds. The number of furan rings is 1. The van der Waals surface area contributed by atoms with E-state index in [1.54, 1.807) is 20.8 Å². The molecule has 3 N–H and O–H groups in total. The molecular weight excluding hydrogens is 406 g/mol. The highest BCUT2D eigenvalue weighted by molar-refractivity contribution is 7.89. The van der Waals surface area contributed by atoms with Gasteiger partial charge in [0.2, 0.25) is 11.0 Å². The SMILES string of the molecule is CC(C)(C)NS(=O)(=O)c1ccc(C(=O)NNC(=O)CC23CC4CC(CC(C4)C2)C3)o1. The van der Waals surface area contributed by atoms with Gasteiger partial charge in [-0.05, 0) is 94.6 Å². The number of hydrogen-bond acceptors (Lipinski definition) is 5. The first kappa shape index (κ1) is 21.4. The van der Waals surface area contributed by atoms with Gasteiger partial charge in [-0.3, -0.25) is 20.4 Å². The first-order valence-corrected chi connectivity index (χ1v) is 12.1. The van der Waals surface area contributed by atoms with Crippen molar-refractivity contribution < 1.29 is 22.4 Å². The predicted octanol–water partition coefficient (Wildman–Crippen LogP) is 2.72. The van der Waals surface area contributed by atoms with Crippen molar-refractivity contribution in [1.29, 1.82) is 0 Å². The van der Waals surface area contributed by atoms with Crippen LogP contribution in [0.25, 0.3) is 0 Å². The van der Waals surface area contributed by atoms with Gasteiger partial charge in [0.1, 0.15) is 0 Å². The van der Waals surface area contributed by atoms with E-state index in [1.807, 2.05) is 0 Å². The van der Waals surface area contributed by atoms with Crippen molar-refractivity contribution >= 4 is 21.8 Å². The Labute approximate surface area is 177 Å². The molecule has 0 atom stereocenters. The summed E-state index contributed by atoms with van der Waals surface area (Å²) in [6, 6.07) is 2.50. The third kappa shape index (κ3) is 4.56. The molecule has 1 aromatic heterocycles. The van der Waals surface area contributed by atoms with Crippen LogP contribution in [0.2, 0.25) is 0 Å². The predicted molar refractivity (Wildman–Crippen MR) is 110 cm³/mol. The third-order valence-corrected chi connectivity index (χ3v) is 8.16. The van der Waals surface area contributed by atoms with Gasteiger partial charge in [-0.1, -0.05) is 0 Å². The second-order valence-electron chi connectivity index (χ2n) is 10.6. The Morgan fingerprint density at radius 3 is 2.13 bits per heavy atom. The first-order valence-electron chi connectivity index (χ1n) is 10.7. The zero-order valence-electron chi connectivity index (χ0n) is 17.8. The minimum atomic E-state index is -3.88. The minimum Gasteiger partial charge on any atom is -0.438 e. The van der Waals surface area contributed by atoms with Crippen molar-refractivity contribution in [2.24, 2.45) is 23.2 Å². The number of hydrazine groups is 1. The minimum absolute atomic E-state index is 0.0775. The maximum Gasteiger partial charge on any atom is 0.305 e. The maximum atomic E-state index is 12.5. The molecule has 4 saturated carbocycles. The van der Waals surface area contributed by atoms with Crippen molar-refractivity contribution in [1.82, 2.24) is 15.6 Å². The number of rotatable bonds is 5. The second-order valence-corrected chi connectivity index (χ2v) is 12.2. The topological polar surface area (TPSA) is 118 Å². The van der Waals surface area contributed by atoms with Crippen molar-refractivity contribution in [2.75, 3.05) is 0 Å². The van der Waals surface area contributed by atoms with Crippen LogP contribution in [0.1, 0.15) is 76.3 Å². The fraction of sp³-hybridized carbons (Fsp3) is 0.714. The van der Waals surface area contributed by atoms with E-state index in [0.29, 0.717) is 6.42 Å². The Morgan fingerprint density at radius 2 is 1.60 bits per heavy atom. The second kappa shape index (κ2) is 7.37. The van der Waals surface area contributed by atoms with Crippen molar-refractivity contribution in [3.8, 4) is 0 Å². The van der Waals surface area contributed by atoms with Crippen molar-refractivity contribution in [2.45, 2.75) is 76.3 Å². The molecule has 1 heterocycles. The highest BCUT2D eigenvalue weighted by atomic mass is 32.2. The molecule has 0 unspecified atom stereocenters. The normalized spacial score (nSPS) is 30.3. The molecule has 4 aliphatic carbocycles. The molecule has 0 aromatic carbocycles. The summed E-state index contributed by atoms with van der Waals surface area (Å²) in [5.74, 6) is 1.18. The van der Waals surface area contributed by atoms with E-state index < -0.39 is 21.5 Å². The average molecular weight is 438 g/mol. The monoisotopic (exact) mass is 437 g/mol. The molecule has 4 bridgehead atoms. The van der Waals surface area contributed by atoms with Crippen LogP contribution in [0, 0.1) is 23.2 Å². The molecule has 166 valence electrons. The molecule has 0 aliphatic heterocycles. The Kier molecular flexibility index (Phi) is 5.25. The number of sulfonamides is 1. The number of carbonyl (C=O) groups excluding carboxylic acids is 2. The van der Waals surface area contributed by atoms with E-state index in [4.69, 9.17) is 4.42 Å². The van der Waals surface area contributed by atoms with Gasteiger partial charge in [0.15, 0.2) is 5.76 Å². The lowest BCUT2D eigenvalue weighted by Crippen LogP contribution is -2.50. The lowest BCUT2D eigenvalue weighted by atomic mass is 9.49. The lowest BCUT2D eigenvalue weighted by Gasteiger charge is -2.56. The number of amides is 2. The van der Waals surface area contributed by atoms with E-state index >= 15 is 0 Å². The van der Waals surface area contributed by atoms with Gasteiger partial charge >= 0.3 is 5.91 Å². The average Bonchev–Trinajstić information content (AvgIpc) is 3.07. The van der Waals surface area contributed by atoms with E-state index in [0.717, 1.165) is 37.0 Å². The Balaban J connectivity index is 1.32. The van der Waals surface area contributed by atoms with Crippen molar-refractivity contribution in [3.63, 3.8) is 0 Å². The zero-order valence-corrected chi connectivity index (χ0v) is 18.6. The molecule has 5 rings (SSSR count). The number of carbonyl (C=O) groups is 2. The summed E-state index contributed by atoms with van der Waals surface area (Å²) in [6.07, 6.45) is 7.69. The van der Waals surface area contributed by atoms with Crippen LogP contribution in [-0.2, 0) is 14.8 Å².